The average Bonchev–Trinajstić information content (AvgIpc) is 2.64. The molecule has 0 saturated heterocycles. The second-order valence-electron chi connectivity index (χ2n) is 4.35. The van der Waals surface area contributed by atoms with Crippen LogP contribution in [0.5, 0.6) is 0 Å². The van der Waals surface area contributed by atoms with Gasteiger partial charge in [0.25, 0.3) is 0 Å². The minimum Gasteiger partial charge on any atom is -0.309 e. The third-order valence-electron chi connectivity index (χ3n) is 2.22. The van der Waals surface area contributed by atoms with Crippen LogP contribution in [0, 0.1) is 16.7 Å². The molecule has 0 saturated carbocycles. The van der Waals surface area contributed by atoms with E-state index in [0.29, 0.717) is 23.8 Å². The van der Waals surface area contributed by atoms with E-state index in [9.17, 15) is 0 Å². The Bertz CT molecular complexity index is 379. The lowest BCUT2D eigenvalue weighted by molar-refractivity contribution is 0.678. The van der Waals surface area contributed by atoms with Crippen LogP contribution in [0.3, 0.4) is 0 Å². The third kappa shape index (κ3) is 3.85. The summed E-state index contributed by atoms with van der Waals surface area (Å²) in [5, 5.41) is 18.5. The van der Waals surface area contributed by atoms with Gasteiger partial charge in [-0.05, 0) is 18.8 Å². The lowest BCUT2D eigenvalue weighted by Gasteiger charge is -2.06. The number of hydrogen-bond acceptors (Lipinski definition) is 4. The first-order valence-electron chi connectivity index (χ1n) is 5.61. The highest BCUT2D eigenvalue weighted by Gasteiger charge is 2.10. The number of aryl methyl sites for hydroxylation is 1. The van der Waals surface area contributed by atoms with Crippen LogP contribution in [-0.2, 0) is 6.42 Å². The Hall–Kier alpha value is -1.03. The molecular formula is C12H19N3S. The van der Waals surface area contributed by atoms with Crippen molar-refractivity contribution in [2.45, 2.75) is 40.0 Å². The maximum absolute atomic E-state index is 7.90. The van der Waals surface area contributed by atoms with Crippen LogP contribution < -0.4 is 0 Å². The van der Waals surface area contributed by atoms with Gasteiger partial charge in [0.1, 0.15) is 5.01 Å². The smallest absolute Gasteiger partial charge is 0.137 e. The third-order valence-corrected chi connectivity index (χ3v) is 3.17. The SMILES string of the molecule is CCc1csc(C(=N)CC(=N)CC(C)C)n1. The molecule has 16 heavy (non-hydrogen) atoms. The molecule has 0 radical (unpaired) electrons. The van der Waals surface area contributed by atoms with Crippen molar-refractivity contribution in [2.75, 3.05) is 0 Å². The van der Waals surface area contributed by atoms with Crippen LogP contribution in [0.1, 0.15) is 44.3 Å². The monoisotopic (exact) mass is 237 g/mol. The van der Waals surface area contributed by atoms with E-state index in [4.69, 9.17) is 10.8 Å². The number of aromatic nitrogens is 1. The molecule has 0 aliphatic carbocycles. The highest BCUT2D eigenvalue weighted by Crippen LogP contribution is 2.14. The van der Waals surface area contributed by atoms with Crippen molar-refractivity contribution in [2.24, 2.45) is 5.92 Å². The number of thiazole rings is 1. The van der Waals surface area contributed by atoms with Gasteiger partial charge >= 0.3 is 0 Å². The molecule has 88 valence electrons. The minimum absolute atomic E-state index is 0.439. The predicted molar refractivity (Wildman–Crippen MR) is 70.1 cm³/mol. The highest BCUT2D eigenvalue weighted by molar-refractivity contribution is 7.11. The fraction of sp³-hybridized carbons (Fsp3) is 0.583. The summed E-state index contributed by atoms with van der Waals surface area (Å²) in [7, 11) is 0. The summed E-state index contributed by atoms with van der Waals surface area (Å²) < 4.78 is 0. The van der Waals surface area contributed by atoms with E-state index < -0.39 is 0 Å². The topological polar surface area (TPSA) is 60.6 Å². The summed E-state index contributed by atoms with van der Waals surface area (Å²) in [4.78, 5) is 4.36. The fourth-order valence-electron chi connectivity index (χ4n) is 1.46. The first-order chi connectivity index (χ1) is 7.52. The molecular weight excluding hydrogens is 218 g/mol. The maximum Gasteiger partial charge on any atom is 0.137 e. The van der Waals surface area contributed by atoms with Gasteiger partial charge in [-0.3, -0.25) is 0 Å². The van der Waals surface area contributed by atoms with E-state index in [0.717, 1.165) is 23.5 Å². The lowest BCUT2D eigenvalue weighted by Crippen LogP contribution is -2.09. The van der Waals surface area contributed by atoms with Crippen molar-refractivity contribution in [1.29, 1.82) is 10.8 Å². The molecule has 0 spiro atoms. The highest BCUT2D eigenvalue weighted by atomic mass is 32.1. The minimum atomic E-state index is 0.439. The summed E-state index contributed by atoms with van der Waals surface area (Å²) in [5.74, 6) is 0.489. The van der Waals surface area contributed by atoms with Crippen molar-refractivity contribution in [3.8, 4) is 0 Å². The Morgan fingerprint density at radius 3 is 2.62 bits per heavy atom. The summed E-state index contributed by atoms with van der Waals surface area (Å²) in [6, 6.07) is 0. The summed E-state index contributed by atoms with van der Waals surface area (Å²) in [5.41, 5.74) is 2.16. The Labute approximate surface area is 101 Å². The van der Waals surface area contributed by atoms with Crippen LogP contribution in [0.25, 0.3) is 0 Å². The predicted octanol–water partition coefficient (Wildman–Crippen LogP) is 3.53. The maximum atomic E-state index is 7.90. The average molecular weight is 237 g/mol. The van der Waals surface area contributed by atoms with Gasteiger partial charge in [0.05, 0.1) is 11.4 Å². The Kier molecular flexibility index (Phi) is 4.80. The van der Waals surface area contributed by atoms with Crippen LogP contribution in [-0.4, -0.2) is 16.4 Å². The van der Waals surface area contributed by atoms with E-state index in [2.05, 4.69) is 25.8 Å². The quantitative estimate of drug-likeness (QED) is 0.730. The first-order valence-corrected chi connectivity index (χ1v) is 6.49. The zero-order valence-corrected chi connectivity index (χ0v) is 10.9. The van der Waals surface area contributed by atoms with E-state index in [-0.39, 0.29) is 0 Å². The van der Waals surface area contributed by atoms with Crippen molar-refractivity contribution in [3.05, 3.63) is 16.1 Å². The molecule has 0 unspecified atom stereocenters. The summed E-state index contributed by atoms with van der Waals surface area (Å²) >= 11 is 1.51. The zero-order chi connectivity index (χ0) is 12.1. The van der Waals surface area contributed by atoms with E-state index >= 15 is 0 Å². The Balaban J connectivity index is 2.55. The lowest BCUT2D eigenvalue weighted by atomic mass is 10.0. The molecule has 0 aliphatic rings. The Morgan fingerprint density at radius 1 is 1.44 bits per heavy atom. The number of nitrogens with zero attached hydrogens (tertiary/aromatic N) is 1. The van der Waals surface area contributed by atoms with Crippen molar-refractivity contribution < 1.29 is 0 Å². The molecule has 0 aromatic carbocycles. The van der Waals surface area contributed by atoms with Gasteiger partial charge in [-0.1, -0.05) is 20.8 Å². The zero-order valence-electron chi connectivity index (χ0n) is 10.1. The van der Waals surface area contributed by atoms with Crippen LogP contribution in [0.2, 0.25) is 0 Å². The second kappa shape index (κ2) is 5.89. The van der Waals surface area contributed by atoms with Gasteiger partial charge in [-0.15, -0.1) is 11.3 Å². The molecule has 0 amide bonds. The fourth-order valence-corrected chi connectivity index (χ4v) is 2.31. The largest absolute Gasteiger partial charge is 0.309 e. The molecule has 1 heterocycles. The van der Waals surface area contributed by atoms with E-state index in [1.807, 2.05) is 5.38 Å². The molecule has 2 N–H and O–H groups in total. The van der Waals surface area contributed by atoms with Gasteiger partial charge in [-0.2, -0.15) is 0 Å². The molecule has 3 nitrogen and oxygen atoms in total. The van der Waals surface area contributed by atoms with E-state index in [1.54, 1.807) is 0 Å². The van der Waals surface area contributed by atoms with Crippen LogP contribution in [0.15, 0.2) is 5.38 Å². The van der Waals surface area contributed by atoms with Gasteiger partial charge in [0, 0.05) is 17.5 Å². The van der Waals surface area contributed by atoms with Gasteiger partial charge < -0.3 is 10.8 Å². The normalized spacial score (nSPS) is 10.8. The first kappa shape index (κ1) is 13.0. The number of nitrogens with one attached hydrogen (secondary N) is 2. The summed E-state index contributed by atoms with van der Waals surface area (Å²) in [6.07, 6.45) is 2.12. The summed E-state index contributed by atoms with van der Waals surface area (Å²) in [6.45, 7) is 6.25. The van der Waals surface area contributed by atoms with Gasteiger partial charge in [-0.25, -0.2) is 4.98 Å². The van der Waals surface area contributed by atoms with Crippen molar-refractivity contribution in [3.63, 3.8) is 0 Å². The number of rotatable bonds is 6. The van der Waals surface area contributed by atoms with Crippen LogP contribution in [0.4, 0.5) is 0 Å². The Morgan fingerprint density at radius 2 is 2.12 bits per heavy atom. The molecule has 4 heteroatoms. The van der Waals surface area contributed by atoms with Gasteiger partial charge in [0.2, 0.25) is 0 Å². The molecule has 1 rings (SSSR count). The molecule has 0 bridgehead atoms. The van der Waals surface area contributed by atoms with Crippen LogP contribution >= 0.6 is 11.3 Å². The number of hydrogen-bond donors (Lipinski definition) is 2. The molecule has 1 aromatic rings. The second-order valence-corrected chi connectivity index (χ2v) is 5.21. The molecule has 0 atom stereocenters. The molecule has 1 aromatic heterocycles. The van der Waals surface area contributed by atoms with E-state index in [1.165, 1.54) is 11.3 Å². The van der Waals surface area contributed by atoms with Crippen molar-refractivity contribution >= 4 is 22.8 Å². The molecule has 0 fully saturated rings. The molecule has 0 aliphatic heterocycles. The standard InChI is InChI=1S/C12H19N3S/c1-4-10-7-16-12(15-10)11(14)6-9(13)5-8(2)3/h7-8,13-14H,4-6H2,1-3H3. The van der Waals surface area contributed by atoms with Gasteiger partial charge in [0.15, 0.2) is 0 Å². The van der Waals surface area contributed by atoms with Crippen molar-refractivity contribution in [1.82, 2.24) is 4.98 Å².